The molecule has 2 aromatic carbocycles. The molecule has 0 spiro atoms. The maximum atomic E-state index is 13.2. The zero-order valence-electron chi connectivity index (χ0n) is 15.6. The van der Waals surface area contributed by atoms with Gasteiger partial charge in [-0.05, 0) is 73.6 Å². The van der Waals surface area contributed by atoms with Crippen LogP contribution in [0.25, 0.3) is 0 Å². The summed E-state index contributed by atoms with van der Waals surface area (Å²) in [6.45, 7) is 1.02. The highest BCUT2D eigenvalue weighted by Crippen LogP contribution is 2.31. The van der Waals surface area contributed by atoms with Gasteiger partial charge in [-0.2, -0.15) is 0 Å². The first kappa shape index (κ1) is 20.5. The lowest BCUT2D eigenvalue weighted by Gasteiger charge is -2.31. The Morgan fingerprint density at radius 2 is 1.68 bits per heavy atom. The summed E-state index contributed by atoms with van der Waals surface area (Å²) in [4.78, 5) is 11.8. The molecule has 0 amide bonds. The quantitative estimate of drug-likeness (QED) is 0.687. The number of hydrogen-bond acceptors (Lipinski definition) is 3. The number of carbonyl (C=O) groups is 1. The molecule has 0 heterocycles. The van der Waals surface area contributed by atoms with Crippen molar-refractivity contribution >= 4 is 22.6 Å². The minimum absolute atomic E-state index is 0.274. The molecular weight excluding hydrogens is 379 g/mol. The predicted octanol–water partition coefficient (Wildman–Crippen LogP) is 3.82. The molecule has 7 heteroatoms. The van der Waals surface area contributed by atoms with E-state index >= 15 is 0 Å². The van der Waals surface area contributed by atoms with E-state index < -0.39 is 17.0 Å². The summed E-state index contributed by atoms with van der Waals surface area (Å²) >= 11 is 0. The predicted molar refractivity (Wildman–Crippen MR) is 107 cm³/mol. The van der Waals surface area contributed by atoms with Crippen LogP contribution in [0.3, 0.4) is 0 Å². The number of aliphatic carboxylic acids is 1. The number of nitrogens with zero attached hydrogens (tertiary/aromatic N) is 1. The third kappa shape index (κ3) is 5.39. The van der Waals surface area contributed by atoms with E-state index in [2.05, 4.69) is 0 Å². The average molecular weight is 405 g/mol. The summed E-state index contributed by atoms with van der Waals surface area (Å²) in [6, 6.07) is 13.2. The van der Waals surface area contributed by atoms with Gasteiger partial charge in [0.2, 0.25) is 0 Å². The van der Waals surface area contributed by atoms with Crippen LogP contribution in [0.5, 0.6) is 0 Å². The number of anilines is 1. The normalized spacial score (nSPS) is 20.8. The van der Waals surface area contributed by atoms with E-state index in [1.165, 1.54) is 12.1 Å². The summed E-state index contributed by atoms with van der Waals surface area (Å²) in [6.07, 6.45) is 2.91. The smallest absolute Gasteiger partial charge is 0.306 e. The molecule has 3 rings (SSSR count). The Morgan fingerprint density at radius 3 is 2.25 bits per heavy atom. The van der Waals surface area contributed by atoms with Crippen LogP contribution >= 0.6 is 0 Å². The maximum Gasteiger partial charge on any atom is 0.306 e. The molecule has 28 heavy (non-hydrogen) atoms. The molecule has 0 aliphatic heterocycles. The highest BCUT2D eigenvalue weighted by atomic mass is 32.2. The first-order valence-corrected chi connectivity index (χ1v) is 10.5. The van der Waals surface area contributed by atoms with Crippen molar-refractivity contribution in [1.29, 1.82) is 0 Å². The molecule has 0 bridgehead atoms. The second-order valence-electron chi connectivity index (χ2n) is 7.32. The third-order valence-electron chi connectivity index (χ3n) is 5.25. The number of carboxylic acids is 1. The Labute approximate surface area is 166 Å². The van der Waals surface area contributed by atoms with E-state index in [1.54, 1.807) is 36.4 Å². The zero-order valence-corrected chi connectivity index (χ0v) is 16.4. The van der Waals surface area contributed by atoms with Crippen LogP contribution in [0.4, 0.5) is 10.1 Å². The van der Waals surface area contributed by atoms with Crippen molar-refractivity contribution in [1.82, 2.24) is 4.31 Å². The van der Waals surface area contributed by atoms with Gasteiger partial charge in [0, 0.05) is 18.8 Å². The summed E-state index contributed by atoms with van der Waals surface area (Å²) in [7, 11) is -1.39. The summed E-state index contributed by atoms with van der Waals surface area (Å²) in [5.74, 6) is -1.02. The lowest BCUT2D eigenvalue weighted by molar-refractivity contribution is -0.143. The lowest BCUT2D eigenvalue weighted by Crippen LogP contribution is -2.33. The molecule has 1 aliphatic carbocycles. The number of benzene rings is 2. The zero-order chi connectivity index (χ0) is 20.1. The van der Waals surface area contributed by atoms with Gasteiger partial charge in [-0.25, -0.2) is 12.9 Å². The fraction of sp³-hybridized carbons (Fsp3) is 0.381. The van der Waals surface area contributed by atoms with Crippen molar-refractivity contribution < 1.29 is 18.5 Å². The first-order chi connectivity index (χ1) is 13.4. The highest BCUT2D eigenvalue weighted by Gasteiger charge is 2.28. The molecule has 1 unspecified atom stereocenters. The summed E-state index contributed by atoms with van der Waals surface area (Å²) in [5, 5.41) is 9.18. The van der Waals surface area contributed by atoms with E-state index in [0.29, 0.717) is 36.5 Å². The fourth-order valence-electron chi connectivity index (χ4n) is 3.60. The lowest BCUT2D eigenvalue weighted by atomic mass is 9.82. The van der Waals surface area contributed by atoms with Crippen molar-refractivity contribution in [3.8, 4) is 0 Å². The number of rotatable bonds is 7. The van der Waals surface area contributed by atoms with Gasteiger partial charge in [0.25, 0.3) is 0 Å². The number of nitrogen functional groups attached to an aromatic ring is 1. The van der Waals surface area contributed by atoms with Gasteiger partial charge in [-0.15, -0.1) is 0 Å². The molecule has 0 aromatic heterocycles. The fourth-order valence-corrected chi connectivity index (χ4v) is 4.88. The second-order valence-corrected chi connectivity index (χ2v) is 8.81. The van der Waals surface area contributed by atoms with Gasteiger partial charge in [0.05, 0.1) is 10.8 Å². The van der Waals surface area contributed by atoms with E-state index in [0.717, 1.165) is 18.4 Å². The highest BCUT2D eigenvalue weighted by molar-refractivity contribution is 7.82. The Bertz CT molecular complexity index is 819. The van der Waals surface area contributed by atoms with Crippen LogP contribution in [0.15, 0.2) is 53.4 Å². The largest absolute Gasteiger partial charge is 0.481 e. The van der Waals surface area contributed by atoms with Crippen LogP contribution in [0, 0.1) is 17.7 Å². The van der Waals surface area contributed by atoms with Crippen LogP contribution in [0.2, 0.25) is 0 Å². The third-order valence-corrected chi connectivity index (χ3v) is 6.67. The standard InChI is InChI=1S/C21H25FN2O3S/c22-18-7-3-16(4-8-18)14-24(28(27)20-11-9-19(23)10-12-20)13-15-1-5-17(6-2-15)21(25)26/h3-4,7-12,15,17H,1-2,5-6,13-14,23H2,(H,25,26). The van der Waals surface area contributed by atoms with Gasteiger partial charge in [0.1, 0.15) is 16.8 Å². The maximum absolute atomic E-state index is 13.2. The molecule has 0 saturated heterocycles. The molecule has 1 aliphatic rings. The number of hydrogen-bond donors (Lipinski definition) is 2. The molecular formula is C21H25FN2O3S. The molecule has 1 saturated carbocycles. The molecule has 3 N–H and O–H groups in total. The molecule has 0 radical (unpaired) electrons. The Morgan fingerprint density at radius 1 is 1.07 bits per heavy atom. The van der Waals surface area contributed by atoms with Crippen molar-refractivity contribution in [2.45, 2.75) is 37.1 Å². The van der Waals surface area contributed by atoms with Gasteiger partial charge in [-0.1, -0.05) is 12.1 Å². The van der Waals surface area contributed by atoms with Crippen molar-refractivity contribution in [3.05, 3.63) is 59.9 Å². The minimum Gasteiger partial charge on any atom is -0.481 e. The molecule has 150 valence electrons. The van der Waals surface area contributed by atoms with E-state index in [-0.39, 0.29) is 17.7 Å². The number of halogens is 1. The Hall–Kier alpha value is -2.25. The van der Waals surface area contributed by atoms with Crippen LogP contribution < -0.4 is 5.73 Å². The second kappa shape index (κ2) is 9.30. The van der Waals surface area contributed by atoms with Crippen LogP contribution in [-0.4, -0.2) is 26.1 Å². The molecule has 1 fully saturated rings. The van der Waals surface area contributed by atoms with Crippen molar-refractivity contribution in [2.24, 2.45) is 11.8 Å². The molecule has 2 aromatic rings. The molecule has 1 atom stereocenters. The van der Waals surface area contributed by atoms with E-state index in [9.17, 15) is 18.5 Å². The van der Waals surface area contributed by atoms with Gasteiger partial charge in [-0.3, -0.25) is 4.79 Å². The topological polar surface area (TPSA) is 83.6 Å². The van der Waals surface area contributed by atoms with Crippen LogP contribution in [-0.2, 0) is 22.3 Å². The van der Waals surface area contributed by atoms with Crippen molar-refractivity contribution in [2.75, 3.05) is 12.3 Å². The average Bonchev–Trinajstić information content (AvgIpc) is 2.69. The first-order valence-electron chi connectivity index (χ1n) is 9.42. The monoisotopic (exact) mass is 404 g/mol. The minimum atomic E-state index is -1.39. The number of carboxylic acid groups (broad SMARTS) is 1. The van der Waals surface area contributed by atoms with E-state index in [4.69, 9.17) is 5.73 Å². The Kier molecular flexibility index (Phi) is 6.80. The van der Waals surface area contributed by atoms with Gasteiger partial charge < -0.3 is 10.8 Å². The van der Waals surface area contributed by atoms with Crippen molar-refractivity contribution in [3.63, 3.8) is 0 Å². The Balaban J connectivity index is 1.74. The summed E-state index contributed by atoms with van der Waals surface area (Å²) in [5.41, 5.74) is 7.22. The van der Waals surface area contributed by atoms with Crippen LogP contribution in [0.1, 0.15) is 31.2 Å². The summed E-state index contributed by atoms with van der Waals surface area (Å²) < 4.78 is 28.3. The molecule has 5 nitrogen and oxygen atoms in total. The number of nitrogens with two attached hydrogens (primary N) is 1. The van der Waals surface area contributed by atoms with E-state index in [1.807, 2.05) is 4.31 Å². The SMILES string of the molecule is Nc1ccc(S(=O)N(Cc2ccc(F)cc2)CC2CCC(C(=O)O)CC2)cc1. The van der Waals surface area contributed by atoms with Gasteiger partial charge >= 0.3 is 5.97 Å². The van der Waals surface area contributed by atoms with Gasteiger partial charge in [0.15, 0.2) is 0 Å².